The molecular formula is C17H16N2O2. The standard InChI is InChI=1S/C17H16N2O2/c18-16-7-3-6-15(19-16)14-9-8-11(10-17(20)21)12-4-1-2-5-13(12)14/h1-9,17,20-21H,10H2,(H2,18,19). The van der Waals surface area contributed by atoms with Gasteiger partial charge in [-0.1, -0.05) is 42.5 Å². The first-order valence-corrected chi connectivity index (χ1v) is 6.75. The normalized spacial score (nSPS) is 11.2. The molecule has 1 heterocycles. The molecule has 2 aromatic carbocycles. The van der Waals surface area contributed by atoms with Crippen molar-refractivity contribution in [3.05, 3.63) is 60.2 Å². The van der Waals surface area contributed by atoms with Gasteiger partial charge in [0.25, 0.3) is 0 Å². The van der Waals surface area contributed by atoms with Gasteiger partial charge < -0.3 is 15.9 Å². The van der Waals surface area contributed by atoms with Gasteiger partial charge in [-0.2, -0.15) is 0 Å². The number of nitrogen functional groups attached to an aromatic ring is 1. The largest absolute Gasteiger partial charge is 0.384 e. The smallest absolute Gasteiger partial charge is 0.155 e. The highest BCUT2D eigenvalue weighted by molar-refractivity contribution is 5.97. The van der Waals surface area contributed by atoms with E-state index in [0.29, 0.717) is 5.82 Å². The van der Waals surface area contributed by atoms with Crippen molar-refractivity contribution < 1.29 is 10.2 Å². The van der Waals surface area contributed by atoms with Gasteiger partial charge in [-0.3, -0.25) is 0 Å². The maximum Gasteiger partial charge on any atom is 0.155 e. The lowest BCUT2D eigenvalue weighted by Crippen LogP contribution is -2.08. The summed E-state index contributed by atoms with van der Waals surface area (Å²) in [5.74, 6) is 0.478. The van der Waals surface area contributed by atoms with Crippen LogP contribution in [-0.4, -0.2) is 21.5 Å². The van der Waals surface area contributed by atoms with E-state index in [2.05, 4.69) is 4.98 Å². The monoisotopic (exact) mass is 280 g/mol. The molecule has 0 spiro atoms. The molecule has 3 aromatic rings. The van der Waals surface area contributed by atoms with Crippen molar-refractivity contribution in [1.82, 2.24) is 4.98 Å². The number of hydrogen-bond acceptors (Lipinski definition) is 4. The molecule has 0 amide bonds. The van der Waals surface area contributed by atoms with Gasteiger partial charge in [0, 0.05) is 12.0 Å². The van der Waals surface area contributed by atoms with Crippen LogP contribution >= 0.6 is 0 Å². The topological polar surface area (TPSA) is 79.4 Å². The van der Waals surface area contributed by atoms with Crippen LogP contribution in [0.3, 0.4) is 0 Å². The van der Waals surface area contributed by atoms with Gasteiger partial charge in [0.1, 0.15) is 5.82 Å². The zero-order valence-corrected chi connectivity index (χ0v) is 11.4. The molecular weight excluding hydrogens is 264 g/mol. The number of benzene rings is 2. The molecule has 0 aliphatic carbocycles. The number of hydrogen-bond donors (Lipinski definition) is 3. The molecule has 0 saturated heterocycles. The maximum absolute atomic E-state index is 9.21. The second-order valence-corrected chi connectivity index (χ2v) is 4.95. The van der Waals surface area contributed by atoms with E-state index < -0.39 is 6.29 Å². The molecule has 4 N–H and O–H groups in total. The first-order chi connectivity index (χ1) is 10.1. The van der Waals surface area contributed by atoms with E-state index in [1.165, 1.54) is 0 Å². The Morgan fingerprint density at radius 1 is 0.905 bits per heavy atom. The predicted octanol–water partition coefficient (Wildman–Crippen LogP) is 2.34. The minimum atomic E-state index is -1.36. The van der Waals surface area contributed by atoms with Gasteiger partial charge in [0.05, 0.1) is 5.69 Å². The van der Waals surface area contributed by atoms with Crippen LogP contribution in [0.5, 0.6) is 0 Å². The van der Waals surface area contributed by atoms with Gasteiger partial charge in [0.15, 0.2) is 6.29 Å². The molecule has 4 heteroatoms. The summed E-state index contributed by atoms with van der Waals surface area (Å²) in [5, 5.41) is 20.4. The Hall–Kier alpha value is -2.43. The van der Waals surface area contributed by atoms with Crippen LogP contribution < -0.4 is 5.73 Å². The third-order valence-electron chi connectivity index (χ3n) is 3.46. The molecule has 0 saturated carbocycles. The lowest BCUT2D eigenvalue weighted by molar-refractivity contribution is -0.0379. The molecule has 21 heavy (non-hydrogen) atoms. The van der Waals surface area contributed by atoms with E-state index in [1.807, 2.05) is 48.5 Å². The minimum Gasteiger partial charge on any atom is -0.384 e. The highest BCUT2D eigenvalue weighted by atomic mass is 16.5. The van der Waals surface area contributed by atoms with Crippen LogP contribution in [0.25, 0.3) is 22.0 Å². The Balaban J connectivity index is 2.22. The van der Waals surface area contributed by atoms with Gasteiger partial charge in [-0.05, 0) is 28.5 Å². The second-order valence-electron chi connectivity index (χ2n) is 4.95. The highest BCUT2D eigenvalue weighted by Gasteiger charge is 2.10. The Kier molecular flexibility index (Phi) is 3.56. The van der Waals surface area contributed by atoms with Crippen molar-refractivity contribution in [2.75, 3.05) is 5.73 Å². The molecule has 4 nitrogen and oxygen atoms in total. The molecule has 0 atom stereocenters. The molecule has 0 fully saturated rings. The third kappa shape index (κ3) is 2.72. The number of aliphatic hydroxyl groups excluding tert-OH is 1. The fraction of sp³-hybridized carbons (Fsp3) is 0.118. The Bertz CT molecular complexity index is 785. The fourth-order valence-corrected chi connectivity index (χ4v) is 2.56. The maximum atomic E-state index is 9.21. The molecule has 1 aromatic heterocycles. The van der Waals surface area contributed by atoms with E-state index >= 15 is 0 Å². The first kappa shape index (κ1) is 13.5. The Morgan fingerprint density at radius 3 is 2.38 bits per heavy atom. The zero-order valence-electron chi connectivity index (χ0n) is 11.4. The third-order valence-corrected chi connectivity index (χ3v) is 3.46. The van der Waals surface area contributed by atoms with E-state index in [-0.39, 0.29) is 6.42 Å². The number of aliphatic hydroxyl groups is 2. The van der Waals surface area contributed by atoms with Crippen LogP contribution in [0, 0.1) is 0 Å². The molecule has 3 rings (SSSR count). The van der Waals surface area contributed by atoms with Crippen LogP contribution in [0.1, 0.15) is 5.56 Å². The number of nitrogens with zero attached hydrogens (tertiary/aromatic N) is 1. The molecule has 0 radical (unpaired) electrons. The summed E-state index contributed by atoms with van der Waals surface area (Å²) in [7, 11) is 0. The number of aromatic nitrogens is 1. The van der Waals surface area contributed by atoms with Gasteiger partial charge in [0.2, 0.25) is 0 Å². The van der Waals surface area contributed by atoms with Crippen molar-refractivity contribution in [3.8, 4) is 11.3 Å². The van der Waals surface area contributed by atoms with Gasteiger partial charge >= 0.3 is 0 Å². The van der Waals surface area contributed by atoms with Crippen molar-refractivity contribution in [2.24, 2.45) is 0 Å². The average Bonchev–Trinajstić information content (AvgIpc) is 2.47. The van der Waals surface area contributed by atoms with E-state index in [4.69, 9.17) is 5.73 Å². The number of nitrogens with two attached hydrogens (primary N) is 1. The summed E-state index contributed by atoms with van der Waals surface area (Å²) in [4.78, 5) is 4.36. The Morgan fingerprint density at radius 2 is 1.67 bits per heavy atom. The summed E-state index contributed by atoms with van der Waals surface area (Å²) >= 11 is 0. The lowest BCUT2D eigenvalue weighted by atomic mass is 9.96. The van der Waals surface area contributed by atoms with Gasteiger partial charge in [-0.15, -0.1) is 0 Å². The average molecular weight is 280 g/mol. The summed E-state index contributed by atoms with van der Waals surface area (Å²) in [5.41, 5.74) is 8.44. The zero-order chi connectivity index (χ0) is 14.8. The Labute approximate surface area is 122 Å². The van der Waals surface area contributed by atoms with Gasteiger partial charge in [-0.25, -0.2) is 4.98 Å². The summed E-state index contributed by atoms with van der Waals surface area (Å²) in [6.45, 7) is 0. The van der Waals surface area contributed by atoms with Crippen molar-refractivity contribution in [3.63, 3.8) is 0 Å². The molecule has 0 unspecified atom stereocenters. The molecule has 106 valence electrons. The SMILES string of the molecule is Nc1cccc(-c2ccc(CC(O)O)c3ccccc23)n1. The van der Waals surface area contributed by atoms with Crippen LogP contribution in [-0.2, 0) is 6.42 Å². The number of rotatable bonds is 3. The first-order valence-electron chi connectivity index (χ1n) is 6.75. The van der Waals surface area contributed by atoms with Crippen molar-refractivity contribution in [1.29, 1.82) is 0 Å². The molecule has 0 bridgehead atoms. The highest BCUT2D eigenvalue weighted by Crippen LogP contribution is 2.30. The van der Waals surface area contributed by atoms with E-state index in [1.54, 1.807) is 6.07 Å². The number of fused-ring (bicyclic) bond motifs is 1. The van der Waals surface area contributed by atoms with Crippen LogP contribution in [0.4, 0.5) is 5.82 Å². The molecule has 0 aliphatic heterocycles. The lowest BCUT2D eigenvalue weighted by Gasteiger charge is -2.12. The second kappa shape index (κ2) is 5.52. The number of anilines is 1. The van der Waals surface area contributed by atoms with Crippen molar-refractivity contribution in [2.45, 2.75) is 12.7 Å². The number of pyridine rings is 1. The van der Waals surface area contributed by atoms with Crippen molar-refractivity contribution >= 4 is 16.6 Å². The summed E-state index contributed by atoms with van der Waals surface area (Å²) in [6, 6.07) is 17.3. The van der Waals surface area contributed by atoms with E-state index in [0.717, 1.165) is 27.6 Å². The summed E-state index contributed by atoms with van der Waals surface area (Å²) < 4.78 is 0. The predicted molar refractivity (Wildman–Crippen MR) is 83.5 cm³/mol. The summed E-state index contributed by atoms with van der Waals surface area (Å²) in [6.07, 6.45) is -1.16. The minimum absolute atomic E-state index is 0.200. The van der Waals surface area contributed by atoms with Crippen LogP contribution in [0.15, 0.2) is 54.6 Å². The fourth-order valence-electron chi connectivity index (χ4n) is 2.56. The van der Waals surface area contributed by atoms with E-state index in [9.17, 15) is 10.2 Å². The van der Waals surface area contributed by atoms with Crippen LogP contribution in [0.2, 0.25) is 0 Å². The quantitative estimate of drug-likeness (QED) is 0.643. The molecule has 0 aliphatic rings.